The first-order valence-corrected chi connectivity index (χ1v) is 10.1. The number of sulfone groups is 2. The number of pyridine rings is 1. The third-order valence-corrected chi connectivity index (χ3v) is 12.0. The van der Waals surface area contributed by atoms with Gasteiger partial charge in [0.1, 0.15) is 0 Å². The van der Waals surface area contributed by atoms with Crippen LogP contribution in [0.5, 0.6) is 0 Å². The van der Waals surface area contributed by atoms with Gasteiger partial charge in [-0.3, -0.25) is 0 Å². The average Bonchev–Trinajstić information content (AvgIpc) is 2.48. The molecule has 0 N–H and O–H groups in total. The minimum atomic E-state index is -4.31. The molecule has 0 bridgehead atoms. The summed E-state index contributed by atoms with van der Waals surface area (Å²) in [6.07, 6.45) is 1.28. The lowest BCUT2D eigenvalue weighted by molar-refractivity contribution is 0.582. The molecule has 0 fully saturated rings. The molecule has 0 saturated heterocycles. The second-order valence-electron chi connectivity index (χ2n) is 3.95. The van der Waals surface area contributed by atoms with Crippen LogP contribution in [-0.2, 0) is 19.7 Å². The van der Waals surface area contributed by atoms with Gasteiger partial charge in [0.2, 0.25) is 19.7 Å². The van der Waals surface area contributed by atoms with Crippen LogP contribution in [0.3, 0.4) is 0 Å². The number of aromatic nitrogens is 1. The van der Waals surface area contributed by atoms with Gasteiger partial charge in [-0.25, -0.2) is 21.8 Å². The predicted molar refractivity (Wildman–Crippen MR) is 85.6 cm³/mol. The molecular formula is C12H9Br2NO4S2. The largest absolute Gasteiger partial charge is 0.290 e. The minimum absolute atomic E-state index is 0.127. The van der Waals surface area contributed by atoms with Gasteiger partial charge in [0, 0.05) is 6.20 Å². The van der Waals surface area contributed by atoms with E-state index >= 15 is 0 Å². The Morgan fingerprint density at radius 1 is 0.810 bits per heavy atom. The molecule has 0 aliphatic heterocycles. The van der Waals surface area contributed by atoms with E-state index in [9.17, 15) is 16.8 Å². The molecule has 9 heteroatoms. The number of alkyl halides is 2. The maximum atomic E-state index is 12.6. The first-order chi connectivity index (χ1) is 9.71. The van der Waals surface area contributed by atoms with Crippen molar-refractivity contribution in [1.82, 2.24) is 4.98 Å². The van der Waals surface area contributed by atoms with Crippen molar-refractivity contribution in [3.63, 3.8) is 0 Å². The normalized spacial score (nSPS) is 13.0. The second kappa shape index (κ2) is 5.79. The number of hydrogen-bond acceptors (Lipinski definition) is 5. The van der Waals surface area contributed by atoms with Crippen LogP contribution in [0.25, 0.3) is 0 Å². The average molecular weight is 455 g/mol. The lowest BCUT2D eigenvalue weighted by atomic mass is 10.4. The van der Waals surface area contributed by atoms with Gasteiger partial charge in [-0.1, -0.05) is 24.3 Å². The van der Waals surface area contributed by atoms with E-state index in [-0.39, 0.29) is 9.92 Å². The van der Waals surface area contributed by atoms with Crippen molar-refractivity contribution in [2.75, 3.05) is 0 Å². The van der Waals surface area contributed by atoms with Gasteiger partial charge < -0.3 is 0 Å². The molecule has 0 aliphatic rings. The Labute approximate surface area is 139 Å². The van der Waals surface area contributed by atoms with E-state index in [0.29, 0.717) is 0 Å². The quantitative estimate of drug-likeness (QED) is 0.663. The van der Waals surface area contributed by atoms with Crippen LogP contribution in [0.2, 0.25) is 0 Å². The van der Waals surface area contributed by atoms with Gasteiger partial charge in [0.05, 0.1) is 4.90 Å². The summed E-state index contributed by atoms with van der Waals surface area (Å²) in [7, 11) is -8.55. The lowest BCUT2D eigenvalue weighted by Crippen LogP contribution is -2.35. The summed E-state index contributed by atoms with van der Waals surface area (Å²) in [6, 6.07) is 11.5. The molecule has 0 spiro atoms. The van der Waals surface area contributed by atoms with Gasteiger partial charge in [-0.05, 0) is 56.1 Å². The predicted octanol–water partition coefficient (Wildman–Crippen LogP) is 2.73. The SMILES string of the molecule is O=S(=O)(c1ccccc1)C(Br)(Br)S(=O)(=O)c1ccccn1. The van der Waals surface area contributed by atoms with Crippen molar-refractivity contribution in [3.8, 4) is 0 Å². The molecule has 1 aromatic carbocycles. The van der Waals surface area contributed by atoms with Crippen molar-refractivity contribution in [2.45, 2.75) is 11.8 Å². The third-order valence-electron chi connectivity index (χ3n) is 2.59. The van der Waals surface area contributed by atoms with Gasteiger partial charge in [-0.15, -0.1) is 0 Å². The molecule has 5 nitrogen and oxygen atoms in total. The number of halogens is 2. The summed E-state index contributed by atoms with van der Waals surface area (Å²) in [5, 5.41) is -0.349. The van der Waals surface area contributed by atoms with Crippen LogP contribution in [0.1, 0.15) is 0 Å². The zero-order valence-corrected chi connectivity index (χ0v) is 15.2. The molecular weight excluding hydrogens is 446 g/mol. The van der Waals surface area contributed by atoms with E-state index in [4.69, 9.17) is 0 Å². The van der Waals surface area contributed by atoms with E-state index in [1.165, 1.54) is 48.7 Å². The smallest absolute Gasteiger partial charge is 0.245 e. The molecule has 2 aromatic rings. The first-order valence-electron chi connectivity index (χ1n) is 5.54. The van der Waals surface area contributed by atoms with Crippen LogP contribution in [-0.4, -0.2) is 23.7 Å². The molecule has 112 valence electrons. The molecule has 0 atom stereocenters. The minimum Gasteiger partial charge on any atom is -0.245 e. The van der Waals surface area contributed by atoms with Gasteiger partial charge in [0.15, 0.2) is 5.03 Å². The molecule has 0 unspecified atom stereocenters. The highest BCUT2D eigenvalue weighted by Crippen LogP contribution is 2.45. The van der Waals surface area contributed by atoms with E-state index in [1.54, 1.807) is 6.07 Å². The van der Waals surface area contributed by atoms with E-state index in [2.05, 4.69) is 36.8 Å². The third kappa shape index (κ3) is 2.79. The summed E-state index contributed by atoms with van der Waals surface area (Å²) in [6.45, 7) is 0. The monoisotopic (exact) mass is 453 g/mol. The fourth-order valence-corrected chi connectivity index (χ4v) is 6.82. The second-order valence-corrected chi connectivity index (χ2v) is 13.9. The Morgan fingerprint density at radius 3 is 1.90 bits per heavy atom. The van der Waals surface area contributed by atoms with E-state index in [0.717, 1.165) is 0 Å². The van der Waals surface area contributed by atoms with Crippen LogP contribution in [0.15, 0.2) is 64.6 Å². The van der Waals surface area contributed by atoms with Crippen LogP contribution in [0.4, 0.5) is 0 Å². The Bertz CT molecular complexity index is 764. The van der Waals surface area contributed by atoms with Crippen molar-refractivity contribution in [1.29, 1.82) is 0 Å². The number of nitrogens with zero attached hydrogens (tertiary/aromatic N) is 1. The lowest BCUT2D eigenvalue weighted by Gasteiger charge is -2.20. The summed E-state index contributed by atoms with van der Waals surface area (Å²) in [4.78, 5) is 3.58. The summed E-state index contributed by atoms with van der Waals surface area (Å²) in [5.74, 6) is 0. The Balaban J connectivity index is 2.62. The molecule has 0 amide bonds. The van der Waals surface area contributed by atoms with Crippen LogP contribution in [0, 0.1) is 0 Å². The summed E-state index contributed by atoms with van der Waals surface area (Å²) in [5.41, 5.74) is 0. The van der Waals surface area contributed by atoms with Crippen molar-refractivity contribution >= 4 is 51.5 Å². The Morgan fingerprint density at radius 2 is 1.38 bits per heavy atom. The highest BCUT2D eigenvalue weighted by molar-refractivity contribution is 9.30. The fraction of sp³-hybridized carbons (Fsp3) is 0.0833. The van der Waals surface area contributed by atoms with Gasteiger partial charge in [-0.2, -0.15) is 0 Å². The van der Waals surface area contributed by atoms with Crippen molar-refractivity contribution in [2.24, 2.45) is 0 Å². The topological polar surface area (TPSA) is 81.2 Å². The van der Waals surface area contributed by atoms with Gasteiger partial charge in [0.25, 0.3) is 1.90 Å². The highest BCUT2D eigenvalue weighted by Gasteiger charge is 2.53. The van der Waals surface area contributed by atoms with Crippen LogP contribution < -0.4 is 0 Å². The van der Waals surface area contributed by atoms with E-state index in [1.807, 2.05) is 0 Å². The number of hydrogen-bond donors (Lipinski definition) is 0. The van der Waals surface area contributed by atoms with Crippen molar-refractivity contribution in [3.05, 3.63) is 54.7 Å². The molecule has 21 heavy (non-hydrogen) atoms. The standard InChI is InChI=1S/C12H9Br2NO4S2/c13-12(14,20(16,17)10-6-2-1-3-7-10)21(18,19)11-8-4-5-9-15-11/h1-9H. The zero-order valence-electron chi connectivity index (χ0n) is 10.3. The maximum Gasteiger partial charge on any atom is 0.290 e. The number of benzene rings is 1. The summed E-state index contributed by atoms with van der Waals surface area (Å²) < 4.78 is 47.8. The number of rotatable bonds is 4. The molecule has 2 rings (SSSR count). The Kier molecular flexibility index (Phi) is 4.57. The van der Waals surface area contributed by atoms with Crippen molar-refractivity contribution < 1.29 is 16.8 Å². The molecule has 0 saturated carbocycles. The molecule has 0 radical (unpaired) electrons. The Hall–Kier alpha value is -0.770. The van der Waals surface area contributed by atoms with Crippen LogP contribution >= 0.6 is 31.9 Å². The first kappa shape index (κ1) is 16.6. The molecule has 0 aliphatic carbocycles. The summed E-state index contributed by atoms with van der Waals surface area (Å²) >= 11 is 5.60. The fourth-order valence-electron chi connectivity index (χ4n) is 1.51. The maximum absolute atomic E-state index is 12.6. The molecule has 1 aromatic heterocycles. The molecule has 1 heterocycles. The zero-order chi connectivity index (χ0) is 15.7. The highest BCUT2D eigenvalue weighted by atomic mass is 79.9. The van der Waals surface area contributed by atoms with E-state index < -0.39 is 21.6 Å². The van der Waals surface area contributed by atoms with Gasteiger partial charge >= 0.3 is 0 Å².